The monoisotopic (exact) mass is 325 g/mol. The number of imidazole rings is 1. The molecule has 0 atom stereocenters. The van der Waals surface area contributed by atoms with Gasteiger partial charge in [0.25, 0.3) is 0 Å². The van der Waals surface area contributed by atoms with E-state index in [0.717, 1.165) is 0 Å². The van der Waals surface area contributed by atoms with E-state index in [-0.39, 0.29) is 0 Å². The summed E-state index contributed by atoms with van der Waals surface area (Å²) in [5.74, 6) is 1.86. The van der Waals surface area contributed by atoms with Gasteiger partial charge in [-0.25, -0.2) is 15.0 Å². The van der Waals surface area contributed by atoms with Gasteiger partial charge in [0.1, 0.15) is 11.8 Å². The van der Waals surface area contributed by atoms with Crippen LogP contribution in [0.1, 0.15) is 20.3 Å². The first-order chi connectivity index (χ1) is 10.6. The fraction of sp³-hybridized carbons (Fsp3) is 0.462. The van der Waals surface area contributed by atoms with E-state index < -0.39 is 7.60 Å². The van der Waals surface area contributed by atoms with Crippen LogP contribution >= 0.6 is 7.60 Å². The van der Waals surface area contributed by atoms with Gasteiger partial charge in [0.15, 0.2) is 11.5 Å². The molecular weight excluding hydrogens is 305 g/mol. The number of hydrogen-bond acceptors (Lipinski definition) is 7. The summed E-state index contributed by atoms with van der Waals surface area (Å²) in [7, 11) is -3.13. The molecule has 0 aliphatic carbocycles. The van der Waals surface area contributed by atoms with Gasteiger partial charge in [-0.2, -0.15) is 0 Å². The molecule has 0 spiro atoms. The maximum absolute atomic E-state index is 12.2. The minimum Gasteiger partial charge on any atom is -0.382 e. The third kappa shape index (κ3) is 3.91. The molecule has 0 aliphatic rings. The number of aromatic nitrogens is 4. The molecule has 0 saturated heterocycles. The van der Waals surface area contributed by atoms with E-state index in [4.69, 9.17) is 14.8 Å². The Morgan fingerprint density at radius 2 is 2.00 bits per heavy atom. The van der Waals surface area contributed by atoms with Crippen LogP contribution in [0, 0.1) is 0 Å². The van der Waals surface area contributed by atoms with Crippen molar-refractivity contribution in [2.75, 3.05) is 18.9 Å². The van der Waals surface area contributed by atoms with E-state index >= 15 is 0 Å². The molecular formula is C13H20N5O3P. The molecule has 0 saturated carbocycles. The number of aryl methyl sites for hydroxylation is 1. The van der Waals surface area contributed by atoms with E-state index in [9.17, 15) is 4.57 Å². The summed E-state index contributed by atoms with van der Waals surface area (Å²) in [4.78, 5) is 12.3. The molecule has 2 aromatic rings. The molecule has 2 heterocycles. The lowest BCUT2D eigenvalue weighted by molar-refractivity contribution is 0.229. The van der Waals surface area contributed by atoms with Crippen molar-refractivity contribution in [3.63, 3.8) is 0 Å². The van der Waals surface area contributed by atoms with Crippen molar-refractivity contribution in [3.05, 3.63) is 24.5 Å². The molecule has 22 heavy (non-hydrogen) atoms. The number of nitrogens with zero attached hydrogens (tertiary/aromatic N) is 4. The molecule has 9 heteroatoms. The Kier molecular flexibility index (Phi) is 5.65. The van der Waals surface area contributed by atoms with Crippen molar-refractivity contribution >= 4 is 24.6 Å². The Balaban J connectivity index is 2.01. The molecule has 0 aliphatic heterocycles. The highest BCUT2D eigenvalue weighted by Crippen LogP contribution is 2.49. The summed E-state index contributed by atoms with van der Waals surface area (Å²) in [6.07, 6.45) is 5.49. The molecule has 0 unspecified atom stereocenters. The highest BCUT2D eigenvalue weighted by molar-refractivity contribution is 7.57. The predicted molar refractivity (Wildman–Crippen MR) is 84.4 cm³/mol. The van der Waals surface area contributed by atoms with Gasteiger partial charge in [0.2, 0.25) is 0 Å². The van der Waals surface area contributed by atoms with Crippen LogP contribution in [0.4, 0.5) is 5.82 Å². The van der Waals surface area contributed by atoms with Crippen LogP contribution in [0.3, 0.4) is 0 Å². The smallest absolute Gasteiger partial charge is 0.353 e. The number of anilines is 1. The first-order valence-electron chi connectivity index (χ1n) is 7.07. The zero-order valence-electron chi connectivity index (χ0n) is 12.7. The van der Waals surface area contributed by atoms with Crippen molar-refractivity contribution in [1.29, 1.82) is 0 Å². The van der Waals surface area contributed by atoms with Gasteiger partial charge in [-0.15, -0.1) is 0 Å². The quantitative estimate of drug-likeness (QED) is 0.743. The molecule has 2 aromatic heterocycles. The lowest BCUT2D eigenvalue weighted by Crippen LogP contribution is -1.98. The van der Waals surface area contributed by atoms with Crippen molar-refractivity contribution in [2.45, 2.75) is 26.8 Å². The fourth-order valence-corrected chi connectivity index (χ4v) is 3.34. The maximum atomic E-state index is 12.2. The van der Waals surface area contributed by atoms with Crippen LogP contribution in [0.2, 0.25) is 0 Å². The van der Waals surface area contributed by atoms with E-state index in [0.29, 0.717) is 43.2 Å². The SMILES string of the molecule is CCOP(=O)(/C=C\CCn1cnc2c(N)ncnc21)OCC. The number of hydrogen-bond donors (Lipinski definition) is 1. The van der Waals surface area contributed by atoms with Crippen LogP contribution < -0.4 is 5.73 Å². The van der Waals surface area contributed by atoms with Crippen LogP contribution in [-0.4, -0.2) is 32.7 Å². The van der Waals surface area contributed by atoms with Crippen molar-refractivity contribution in [2.24, 2.45) is 0 Å². The zero-order chi connectivity index (χ0) is 16.0. The number of fused-ring (bicyclic) bond motifs is 1. The van der Waals surface area contributed by atoms with E-state index in [1.807, 2.05) is 4.57 Å². The molecule has 8 nitrogen and oxygen atoms in total. The number of allylic oxidation sites excluding steroid dienone is 1. The van der Waals surface area contributed by atoms with Crippen LogP contribution in [0.25, 0.3) is 11.2 Å². The van der Waals surface area contributed by atoms with E-state index in [2.05, 4.69) is 15.0 Å². The standard InChI is InChI=1S/C13H20N5O3P/c1-3-20-22(19,21-4-2)8-6-5-7-18-10-17-11-12(14)15-9-16-13(11)18/h6,8-10H,3-5,7H2,1-2H3,(H2,14,15,16)/b8-6-. The molecule has 2 N–H and O–H groups in total. The average molecular weight is 325 g/mol. The molecule has 120 valence electrons. The van der Waals surface area contributed by atoms with Gasteiger partial charge in [-0.3, -0.25) is 4.57 Å². The minimum absolute atomic E-state index is 0.337. The molecule has 0 bridgehead atoms. The largest absolute Gasteiger partial charge is 0.382 e. The van der Waals surface area contributed by atoms with Gasteiger partial charge in [0.05, 0.1) is 19.5 Å². The Morgan fingerprint density at radius 3 is 2.68 bits per heavy atom. The second-order valence-electron chi connectivity index (χ2n) is 4.42. The first-order valence-corrected chi connectivity index (χ1v) is 8.68. The predicted octanol–water partition coefficient (Wildman–Crippen LogP) is 2.58. The summed E-state index contributed by atoms with van der Waals surface area (Å²) in [5.41, 5.74) is 7.00. The Bertz CT molecular complexity index is 690. The van der Waals surface area contributed by atoms with Gasteiger partial charge < -0.3 is 19.3 Å². The van der Waals surface area contributed by atoms with Crippen molar-refractivity contribution in [3.8, 4) is 0 Å². The topological polar surface area (TPSA) is 105 Å². The van der Waals surface area contributed by atoms with E-state index in [1.54, 1.807) is 26.3 Å². The summed E-state index contributed by atoms with van der Waals surface area (Å²) in [6, 6.07) is 0. The third-order valence-electron chi connectivity index (χ3n) is 2.87. The summed E-state index contributed by atoms with van der Waals surface area (Å²) in [6.45, 7) is 4.86. The minimum atomic E-state index is -3.13. The highest BCUT2D eigenvalue weighted by atomic mass is 31.2. The van der Waals surface area contributed by atoms with Gasteiger partial charge in [-0.1, -0.05) is 6.08 Å². The lowest BCUT2D eigenvalue weighted by Gasteiger charge is -2.12. The average Bonchev–Trinajstić information content (AvgIpc) is 2.89. The first kappa shape index (κ1) is 16.6. The Morgan fingerprint density at radius 1 is 1.27 bits per heavy atom. The Labute approximate surface area is 128 Å². The summed E-state index contributed by atoms with van der Waals surface area (Å²) < 4.78 is 24.5. The summed E-state index contributed by atoms with van der Waals surface area (Å²) in [5, 5.41) is 0. The van der Waals surface area contributed by atoms with Gasteiger partial charge >= 0.3 is 7.60 Å². The lowest BCUT2D eigenvalue weighted by atomic mass is 10.4. The van der Waals surface area contributed by atoms with Crippen LogP contribution in [-0.2, 0) is 20.2 Å². The summed E-state index contributed by atoms with van der Waals surface area (Å²) >= 11 is 0. The molecule has 0 fully saturated rings. The normalized spacial score (nSPS) is 12.5. The maximum Gasteiger partial charge on any atom is 0.353 e. The molecule has 0 amide bonds. The van der Waals surface area contributed by atoms with Crippen LogP contribution in [0.15, 0.2) is 24.5 Å². The molecule has 0 aromatic carbocycles. The second kappa shape index (κ2) is 7.49. The van der Waals surface area contributed by atoms with Crippen molar-refractivity contribution in [1.82, 2.24) is 19.5 Å². The molecule has 0 radical (unpaired) electrons. The number of nitrogen functional groups attached to an aromatic ring is 1. The fourth-order valence-electron chi connectivity index (χ4n) is 1.96. The second-order valence-corrected chi connectivity index (χ2v) is 6.31. The number of nitrogens with two attached hydrogens (primary N) is 1. The van der Waals surface area contributed by atoms with Crippen molar-refractivity contribution < 1.29 is 13.6 Å². The van der Waals surface area contributed by atoms with Crippen LogP contribution in [0.5, 0.6) is 0 Å². The Hall–Kier alpha value is -1.76. The third-order valence-corrected chi connectivity index (χ3v) is 4.68. The zero-order valence-corrected chi connectivity index (χ0v) is 13.6. The van der Waals surface area contributed by atoms with E-state index in [1.165, 1.54) is 12.1 Å². The number of rotatable bonds is 8. The molecule has 2 rings (SSSR count). The highest BCUT2D eigenvalue weighted by Gasteiger charge is 2.18. The van der Waals surface area contributed by atoms with Gasteiger partial charge in [0, 0.05) is 12.4 Å². The van der Waals surface area contributed by atoms with Gasteiger partial charge in [-0.05, 0) is 20.3 Å².